The van der Waals surface area contributed by atoms with E-state index in [1.807, 2.05) is 0 Å². The first-order valence-corrected chi connectivity index (χ1v) is 9.73. The van der Waals surface area contributed by atoms with E-state index in [2.05, 4.69) is 5.32 Å². The molecule has 0 saturated carbocycles. The molecule has 2 unspecified atom stereocenters. The fourth-order valence-electron chi connectivity index (χ4n) is 3.38. The Bertz CT molecular complexity index is 766. The number of halogens is 3. The molecule has 1 amide bonds. The maximum Gasteiger partial charge on any atom is 0.349 e. The van der Waals surface area contributed by atoms with Crippen LogP contribution in [0.25, 0.3) is 0 Å². The molecular weight excluding hydrogens is 359 g/mol. The molecule has 2 fully saturated rings. The largest absolute Gasteiger partial charge is 0.374 e. The van der Waals surface area contributed by atoms with Crippen molar-refractivity contribution in [2.75, 3.05) is 18.1 Å². The van der Waals surface area contributed by atoms with Crippen molar-refractivity contribution < 1.29 is 31.1 Å². The third-order valence-electron chi connectivity index (χ3n) is 4.67. The third kappa shape index (κ3) is 3.82. The molecule has 2 aliphatic rings. The summed E-state index contributed by atoms with van der Waals surface area (Å²) >= 11 is 0. The molecule has 138 valence electrons. The van der Waals surface area contributed by atoms with E-state index in [1.165, 1.54) is 0 Å². The van der Waals surface area contributed by atoms with E-state index in [0.29, 0.717) is 12.8 Å². The van der Waals surface area contributed by atoms with Gasteiger partial charge >= 0.3 is 5.92 Å². The molecule has 1 aromatic carbocycles. The number of amides is 1. The zero-order chi connectivity index (χ0) is 18.3. The summed E-state index contributed by atoms with van der Waals surface area (Å²) in [5.74, 6) is -6.11. The van der Waals surface area contributed by atoms with Gasteiger partial charge < -0.3 is 10.1 Å². The van der Waals surface area contributed by atoms with Gasteiger partial charge in [0.2, 0.25) is 0 Å². The molecule has 3 rings (SSSR count). The fraction of sp³-hybridized carbons (Fsp3) is 0.562. The number of sulfone groups is 1. The number of carbonyl (C=O) groups is 1. The number of alkyl halides is 2. The van der Waals surface area contributed by atoms with Crippen LogP contribution < -0.4 is 5.32 Å². The molecule has 2 aliphatic heterocycles. The summed E-state index contributed by atoms with van der Waals surface area (Å²) in [6.45, 7) is 0.197. The zero-order valence-corrected chi connectivity index (χ0v) is 14.1. The van der Waals surface area contributed by atoms with Gasteiger partial charge in [0.25, 0.3) is 5.91 Å². The van der Waals surface area contributed by atoms with Crippen LogP contribution in [0.4, 0.5) is 13.2 Å². The van der Waals surface area contributed by atoms with Crippen molar-refractivity contribution in [1.82, 2.24) is 5.32 Å². The Labute approximate surface area is 143 Å². The highest BCUT2D eigenvalue weighted by molar-refractivity contribution is 7.91. The second-order valence-electron chi connectivity index (χ2n) is 6.62. The van der Waals surface area contributed by atoms with Crippen LogP contribution in [0.1, 0.15) is 24.8 Å². The monoisotopic (exact) mass is 377 g/mol. The smallest absolute Gasteiger partial charge is 0.349 e. The number of carbonyl (C=O) groups excluding carboxylic acids is 1. The number of rotatable bonds is 3. The average molecular weight is 377 g/mol. The average Bonchev–Trinajstić information content (AvgIpc) is 2.82. The maximum atomic E-state index is 14.3. The molecule has 0 aromatic heterocycles. The Kier molecular flexibility index (Phi) is 4.57. The minimum atomic E-state index is -3.80. The van der Waals surface area contributed by atoms with Gasteiger partial charge in [-0.2, -0.15) is 8.78 Å². The van der Waals surface area contributed by atoms with Crippen LogP contribution in [-0.4, -0.2) is 44.1 Å². The lowest BCUT2D eigenvalue weighted by atomic mass is 9.89. The molecule has 2 saturated heterocycles. The number of ether oxygens (including phenoxy) is 1. The lowest BCUT2D eigenvalue weighted by molar-refractivity contribution is -0.150. The van der Waals surface area contributed by atoms with Crippen molar-refractivity contribution in [3.8, 4) is 0 Å². The van der Waals surface area contributed by atoms with Crippen LogP contribution in [-0.2, 0) is 25.3 Å². The van der Waals surface area contributed by atoms with E-state index in [9.17, 15) is 26.4 Å². The van der Waals surface area contributed by atoms with Crippen LogP contribution in [0.2, 0.25) is 0 Å². The maximum absolute atomic E-state index is 14.3. The van der Waals surface area contributed by atoms with Gasteiger partial charge in [-0.15, -0.1) is 0 Å². The summed E-state index contributed by atoms with van der Waals surface area (Å²) in [7, 11) is -3.20. The molecular formula is C16H18F3NO4S. The number of nitrogens with one attached hydrogen (secondary N) is 1. The van der Waals surface area contributed by atoms with Crippen molar-refractivity contribution in [2.45, 2.75) is 36.8 Å². The third-order valence-corrected chi connectivity index (χ3v) is 6.46. The van der Waals surface area contributed by atoms with Crippen LogP contribution in [0, 0.1) is 5.82 Å². The lowest BCUT2D eigenvalue weighted by Crippen LogP contribution is -2.52. The molecule has 1 spiro atoms. The van der Waals surface area contributed by atoms with Crippen LogP contribution in [0.5, 0.6) is 0 Å². The van der Waals surface area contributed by atoms with Gasteiger partial charge in [0, 0.05) is 18.2 Å². The SMILES string of the molecule is O=C(NC1CCOC2(CCS(=O)(=O)C2)C1)C(F)(F)c1ccc(F)cc1. The molecule has 5 nitrogen and oxygen atoms in total. The van der Waals surface area contributed by atoms with Crippen LogP contribution in [0.3, 0.4) is 0 Å². The molecule has 9 heteroatoms. The Morgan fingerprint density at radius 1 is 1.28 bits per heavy atom. The fourth-order valence-corrected chi connectivity index (χ4v) is 5.35. The van der Waals surface area contributed by atoms with E-state index in [4.69, 9.17) is 4.74 Å². The van der Waals surface area contributed by atoms with Crippen LogP contribution in [0.15, 0.2) is 24.3 Å². The molecule has 0 bridgehead atoms. The quantitative estimate of drug-likeness (QED) is 0.872. The summed E-state index contributed by atoms with van der Waals surface area (Å²) in [5.41, 5.74) is -1.50. The van der Waals surface area contributed by atoms with Gasteiger partial charge in [0.15, 0.2) is 9.84 Å². The predicted octanol–water partition coefficient (Wildman–Crippen LogP) is 1.77. The summed E-state index contributed by atoms with van der Waals surface area (Å²) in [4.78, 5) is 12.0. The highest BCUT2D eigenvalue weighted by atomic mass is 32.2. The van der Waals surface area contributed by atoms with Crippen molar-refractivity contribution in [1.29, 1.82) is 0 Å². The molecule has 1 aromatic rings. The summed E-state index contributed by atoms with van der Waals surface area (Å²) in [6.07, 6.45) is 0.806. The van der Waals surface area contributed by atoms with Crippen LogP contribution >= 0.6 is 0 Å². The minimum absolute atomic E-state index is 0.000590. The van der Waals surface area contributed by atoms with Crippen molar-refractivity contribution in [3.63, 3.8) is 0 Å². The summed E-state index contributed by atoms with van der Waals surface area (Å²) < 4.78 is 70.4. The first kappa shape index (κ1) is 18.2. The Morgan fingerprint density at radius 2 is 1.96 bits per heavy atom. The van der Waals surface area contributed by atoms with E-state index < -0.39 is 44.7 Å². The Morgan fingerprint density at radius 3 is 2.56 bits per heavy atom. The van der Waals surface area contributed by atoms with Gasteiger partial charge in [-0.05, 0) is 43.5 Å². The molecule has 2 heterocycles. The van der Waals surface area contributed by atoms with Gasteiger partial charge in [0.1, 0.15) is 5.82 Å². The van der Waals surface area contributed by atoms with E-state index in [0.717, 1.165) is 24.3 Å². The van der Waals surface area contributed by atoms with Gasteiger partial charge in [-0.25, -0.2) is 12.8 Å². The second kappa shape index (κ2) is 6.28. The number of benzene rings is 1. The van der Waals surface area contributed by atoms with Crippen molar-refractivity contribution in [3.05, 3.63) is 35.6 Å². The molecule has 1 N–H and O–H groups in total. The highest BCUT2D eigenvalue weighted by Crippen LogP contribution is 2.36. The standard InChI is InChI=1S/C16H18F3NO4S/c17-12-3-1-11(2-4-12)16(18,19)14(21)20-13-5-7-24-15(9-13)6-8-25(22,23)10-15/h1-4,13H,5-10H2,(H,20,21). The lowest BCUT2D eigenvalue weighted by Gasteiger charge is -2.38. The number of hydrogen-bond acceptors (Lipinski definition) is 4. The van der Waals surface area contributed by atoms with Gasteiger partial charge in [-0.1, -0.05) is 0 Å². The van der Waals surface area contributed by atoms with E-state index >= 15 is 0 Å². The summed E-state index contributed by atoms with van der Waals surface area (Å²) in [6, 6.07) is 2.86. The van der Waals surface area contributed by atoms with E-state index in [-0.39, 0.29) is 24.5 Å². The second-order valence-corrected chi connectivity index (χ2v) is 8.80. The summed E-state index contributed by atoms with van der Waals surface area (Å²) in [5, 5.41) is 2.29. The zero-order valence-electron chi connectivity index (χ0n) is 13.3. The molecule has 0 aliphatic carbocycles. The minimum Gasteiger partial charge on any atom is -0.374 e. The molecule has 2 atom stereocenters. The van der Waals surface area contributed by atoms with Crippen molar-refractivity contribution in [2.24, 2.45) is 0 Å². The predicted molar refractivity (Wildman–Crippen MR) is 83.4 cm³/mol. The highest BCUT2D eigenvalue weighted by Gasteiger charge is 2.48. The molecule has 0 radical (unpaired) electrons. The Balaban J connectivity index is 1.69. The van der Waals surface area contributed by atoms with Gasteiger partial charge in [0.05, 0.1) is 17.1 Å². The topological polar surface area (TPSA) is 72.5 Å². The Hall–Kier alpha value is -1.61. The first-order valence-electron chi connectivity index (χ1n) is 7.91. The van der Waals surface area contributed by atoms with E-state index in [1.54, 1.807) is 0 Å². The van der Waals surface area contributed by atoms with Crippen molar-refractivity contribution >= 4 is 15.7 Å². The van der Waals surface area contributed by atoms with Gasteiger partial charge in [-0.3, -0.25) is 4.79 Å². The first-order chi connectivity index (χ1) is 11.6. The molecule has 25 heavy (non-hydrogen) atoms. The number of hydrogen-bond donors (Lipinski definition) is 1. The normalized spacial score (nSPS) is 28.8.